The average Bonchev–Trinajstić information content (AvgIpc) is 2.30. The van der Waals surface area contributed by atoms with E-state index in [1.807, 2.05) is 30.5 Å². The Morgan fingerprint density at radius 3 is 2.65 bits per heavy atom. The maximum Gasteiger partial charge on any atom is 0.182 e. The fourth-order valence-electron chi connectivity index (χ4n) is 1.61. The summed E-state index contributed by atoms with van der Waals surface area (Å²) in [5.74, 6) is 0.640. The fraction of sp³-hybridized carbons (Fsp3) is 0.385. The van der Waals surface area contributed by atoms with Gasteiger partial charge in [0.25, 0.3) is 0 Å². The predicted molar refractivity (Wildman–Crippen MR) is 71.0 cm³/mol. The zero-order valence-electron chi connectivity index (χ0n) is 10.1. The van der Waals surface area contributed by atoms with Gasteiger partial charge in [-0.15, -0.1) is 0 Å². The van der Waals surface area contributed by atoms with Crippen molar-refractivity contribution in [3.05, 3.63) is 34.9 Å². The fourth-order valence-corrected chi connectivity index (χ4v) is 1.74. The van der Waals surface area contributed by atoms with Gasteiger partial charge in [-0.2, -0.15) is 5.26 Å². The maximum atomic E-state index is 8.53. The molecule has 1 N–H and O–H groups in total. The molecule has 0 aliphatic heterocycles. The zero-order chi connectivity index (χ0) is 12.7. The van der Waals surface area contributed by atoms with Crippen LogP contribution < -0.4 is 5.32 Å². The number of halogens is 1. The summed E-state index contributed by atoms with van der Waals surface area (Å²) in [6, 6.07) is 7.76. The molecule has 1 aromatic rings. The molecule has 0 spiro atoms. The van der Waals surface area contributed by atoms with Gasteiger partial charge in [0, 0.05) is 5.02 Å². The van der Waals surface area contributed by atoms with E-state index in [0.717, 1.165) is 23.4 Å². The van der Waals surface area contributed by atoms with Gasteiger partial charge >= 0.3 is 0 Å². The van der Waals surface area contributed by atoms with E-state index in [9.17, 15) is 0 Å². The van der Waals surface area contributed by atoms with Crippen LogP contribution in [0.25, 0.3) is 0 Å². The highest BCUT2D eigenvalue weighted by atomic mass is 35.5. The molecule has 17 heavy (non-hydrogen) atoms. The van der Waals surface area contributed by atoms with Gasteiger partial charge in [-0.1, -0.05) is 37.1 Å². The third-order valence-electron chi connectivity index (χ3n) is 2.40. The van der Waals surface area contributed by atoms with Gasteiger partial charge < -0.3 is 0 Å². The maximum absolute atomic E-state index is 8.53. The highest BCUT2D eigenvalue weighted by molar-refractivity contribution is 6.30. The van der Waals surface area contributed by atoms with Crippen LogP contribution in [0.5, 0.6) is 0 Å². The Balaban J connectivity index is 2.89. The van der Waals surface area contributed by atoms with Crippen LogP contribution in [0, 0.1) is 11.5 Å². The molecule has 3 nitrogen and oxygen atoms in total. The van der Waals surface area contributed by atoms with Crippen LogP contribution in [0.15, 0.2) is 29.3 Å². The van der Waals surface area contributed by atoms with E-state index in [0.29, 0.717) is 5.84 Å². The van der Waals surface area contributed by atoms with Crippen molar-refractivity contribution in [3.63, 3.8) is 0 Å². The van der Waals surface area contributed by atoms with Gasteiger partial charge in [0.05, 0.1) is 6.04 Å². The third-order valence-corrected chi connectivity index (χ3v) is 2.66. The minimum Gasteiger partial charge on any atom is -0.281 e. The molecule has 0 heterocycles. The molecular weight excluding hydrogens is 234 g/mol. The normalized spacial score (nSPS) is 12.9. The molecule has 0 amide bonds. The van der Waals surface area contributed by atoms with Gasteiger partial charge in [-0.05, 0) is 31.0 Å². The van der Waals surface area contributed by atoms with Gasteiger partial charge in [0.1, 0.15) is 5.84 Å². The topological polar surface area (TPSA) is 48.2 Å². The van der Waals surface area contributed by atoms with E-state index in [4.69, 9.17) is 16.9 Å². The van der Waals surface area contributed by atoms with Crippen LogP contribution in [0.3, 0.4) is 0 Å². The molecule has 1 atom stereocenters. The highest BCUT2D eigenvalue weighted by Gasteiger charge is 2.09. The molecule has 90 valence electrons. The monoisotopic (exact) mass is 249 g/mol. The first kappa shape index (κ1) is 13.5. The molecule has 0 saturated heterocycles. The van der Waals surface area contributed by atoms with Crippen LogP contribution in [-0.4, -0.2) is 5.84 Å². The molecule has 0 fully saturated rings. The lowest BCUT2D eigenvalue weighted by Crippen LogP contribution is -2.14. The lowest BCUT2D eigenvalue weighted by atomic mass is 10.0. The van der Waals surface area contributed by atoms with Gasteiger partial charge in [-0.25, -0.2) is 0 Å². The number of rotatable bonds is 4. The van der Waals surface area contributed by atoms with Crippen LogP contribution in [-0.2, 0) is 0 Å². The minimum atomic E-state index is 0.0816. The molecule has 1 aromatic carbocycles. The molecule has 0 bridgehead atoms. The Labute approximate surface area is 107 Å². The number of hydrogen-bond donors (Lipinski definition) is 1. The minimum absolute atomic E-state index is 0.0816. The Kier molecular flexibility index (Phi) is 5.51. The van der Waals surface area contributed by atoms with Crippen LogP contribution in [0.2, 0.25) is 5.02 Å². The smallest absolute Gasteiger partial charge is 0.182 e. The second kappa shape index (κ2) is 6.93. The summed E-state index contributed by atoms with van der Waals surface area (Å²) in [6.07, 6.45) is 3.86. The van der Waals surface area contributed by atoms with Crippen molar-refractivity contribution in [2.75, 3.05) is 0 Å². The number of benzene rings is 1. The molecule has 4 heteroatoms. The Hall–Kier alpha value is -1.53. The standard InChI is InChI=1S/C13H16ClN3/c1-3-4-13(17-10(2)16-9-15)11-5-7-12(14)8-6-11/h5-8,13H,3-4H2,1-2H3,(H,16,17)/t13-/m1/s1. The van der Waals surface area contributed by atoms with Crippen molar-refractivity contribution in [2.45, 2.75) is 32.7 Å². The summed E-state index contributed by atoms with van der Waals surface area (Å²) in [6.45, 7) is 3.91. The molecule has 0 saturated carbocycles. The lowest BCUT2D eigenvalue weighted by molar-refractivity contribution is 0.638. The molecule has 0 radical (unpaired) electrons. The van der Waals surface area contributed by atoms with Crippen molar-refractivity contribution < 1.29 is 0 Å². The first-order valence-electron chi connectivity index (χ1n) is 5.62. The van der Waals surface area contributed by atoms with E-state index in [-0.39, 0.29) is 6.04 Å². The van der Waals surface area contributed by atoms with Crippen molar-refractivity contribution in [2.24, 2.45) is 4.99 Å². The van der Waals surface area contributed by atoms with Gasteiger partial charge in [-0.3, -0.25) is 10.3 Å². The summed E-state index contributed by atoms with van der Waals surface area (Å²) in [5.41, 5.74) is 1.12. The van der Waals surface area contributed by atoms with Gasteiger partial charge in [0.15, 0.2) is 6.19 Å². The van der Waals surface area contributed by atoms with E-state index in [1.165, 1.54) is 0 Å². The number of nitriles is 1. The predicted octanol–water partition coefficient (Wildman–Crippen LogP) is 3.67. The molecule has 1 rings (SSSR count). The molecule has 0 aliphatic rings. The summed E-state index contributed by atoms with van der Waals surface area (Å²) >= 11 is 5.86. The third kappa shape index (κ3) is 4.46. The first-order valence-corrected chi connectivity index (χ1v) is 6.00. The van der Waals surface area contributed by atoms with Crippen LogP contribution in [0.1, 0.15) is 38.3 Å². The zero-order valence-corrected chi connectivity index (χ0v) is 10.8. The molecule has 0 unspecified atom stereocenters. The molecule has 0 aliphatic carbocycles. The Morgan fingerprint density at radius 2 is 2.12 bits per heavy atom. The Morgan fingerprint density at radius 1 is 1.47 bits per heavy atom. The second-order valence-electron chi connectivity index (χ2n) is 3.81. The van der Waals surface area contributed by atoms with E-state index in [1.54, 1.807) is 6.92 Å². The highest BCUT2D eigenvalue weighted by Crippen LogP contribution is 2.24. The number of aliphatic imine (C=N–C) groups is 1. The Bertz CT molecular complexity index is 417. The first-order chi connectivity index (χ1) is 8.17. The molecular formula is C13H16ClN3. The van der Waals surface area contributed by atoms with Crippen LogP contribution in [0.4, 0.5) is 0 Å². The van der Waals surface area contributed by atoms with Gasteiger partial charge in [0.2, 0.25) is 0 Å². The van der Waals surface area contributed by atoms with Crippen molar-refractivity contribution in [1.29, 1.82) is 5.26 Å². The second-order valence-corrected chi connectivity index (χ2v) is 4.24. The number of nitrogens with one attached hydrogen (secondary N) is 1. The quantitative estimate of drug-likeness (QED) is 0.383. The van der Waals surface area contributed by atoms with Crippen molar-refractivity contribution in [1.82, 2.24) is 5.32 Å². The summed E-state index contributed by atoms with van der Waals surface area (Å²) in [7, 11) is 0. The van der Waals surface area contributed by atoms with E-state index >= 15 is 0 Å². The number of nitrogens with zero attached hydrogens (tertiary/aromatic N) is 2. The van der Waals surface area contributed by atoms with E-state index < -0.39 is 0 Å². The lowest BCUT2D eigenvalue weighted by Gasteiger charge is -2.13. The van der Waals surface area contributed by atoms with Crippen molar-refractivity contribution in [3.8, 4) is 6.19 Å². The summed E-state index contributed by atoms with van der Waals surface area (Å²) in [5, 5.41) is 11.8. The molecule has 0 aromatic heterocycles. The summed E-state index contributed by atoms with van der Waals surface area (Å²) in [4.78, 5) is 4.50. The van der Waals surface area contributed by atoms with E-state index in [2.05, 4.69) is 17.2 Å². The van der Waals surface area contributed by atoms with Crippen molar-refractivity contribution >= 4 is 17.4 Å². The van der Waals surface area contributed by atoms with Crippen LogP contribution >= 0.6 is 11.6 Å². The average molecular weight is 250 g/mol. The largest absolute Gasteiger partial charge is 0.281 e. The number of hydrogen-bond acceptors (Lipinski definition) is 2. The SMILES string of the molecule is CCC[C@@H](N=C(C)NC#N)c1ccc(Cl)cc1. The summed E-state index contributed by atoms with van der Waals surface area (Å²) < 4.78 is 0. The number of amidine groups is 1.